The van der Waals surface area contributed by atoms with Crippen molar-refractivity contribution in [2.75, 3.05) is 24.7 Å². The molecule has 1 aromatic carbocycles. The van der Waals surface area contributed by atoms with Crippen LogP contribution in [0.15, 0.2) is 24.3 Å². The molecule has 24 heavy (non-hydrogen) atoms. The maximum absolute atomic E-state index is 11.6. The van der Waals surface area contributed by atoms with Crippen LogP contribution in [0.3, 0.4) is 0 Å². The molecule has 1 aliphatic rings. The van der Waals surface area contributed by atoms with Gasteiger partial charge in [0.1, 0.15) is 0 Å². The lowest BCUT2D eigenvalue weighted by atomic mass is 10.1. The molecule has 0 aromatic heterocycles. The Kier molecular flexibility index (Phi) is 6.62. The van der Waals surface area contributed by atoms with E-state index in [1.54, 1.807) is 6.07 Å². The zero-order valence-corrected chi connectivity index (χ0v) is 14.7. The van der Waals surface area contributed by atoms with Gasteiger partial charge in [0.2, 0.25) is 0 Å². The quantitative estimate of drug-likeness (QED) is 0.729. The Labute approximate surface area is 146 Å². The van der Waals surface area contributed by atoms with Gasteiger partial charge in [-0.2, -0.15) is 0 Å². The van der Waals surface area contributed by atoms with Crippen LogP contribution < -0.4 is 5.32 Å². The molecular weight excluding hydrogens is 354 g/mol. The molecule has 1 fully saturated rings. The Bertz CT molecular complexity index is 704. The first-order chi connectivity index (χ1) is 11.3. The largest absolute Gasteiger partial charge is 0.456 e. The van der Waals surface area contributed by atoms with E-state index in [4.69, 9.17) is 16.3 Å². The molecule has 1 saturated heterocycles. The van der Waals surface area contributed by atoms with E-state index in [-0.39, 0.29) is 36.4 Å². The average Bonchev–Trinajstić information content (AvgIpc) is 2.84. The number of carbonyl (C=O) groups is 2. The Hall–Kier alpha value is -1.60. The number of benzene rings is 1. The summed E-state index contributed by atoms with van der Waals surface area (Å²) in [4.78, 5) is 23.3. The molecule has 1 aromatic rings. The van der Waals surface area contributed by atoms with Gasteiger partial charge in [-0.05, 0) is 36.5 Å². The normalized spacial score (nSPS) is 19.0. The number of ether oxygens (including phenoxy) is 1. The van der Waals surface area contributed by atoms with Crippen LogP contribution in [0, 0.1) is 5.92 Å². The minimum Gasteiger partial charge on any atom is -0.456 e. The smallest absolute Gasteiger partial charge is 0.306 e. The summed E-state index contributed by atoms with van der Waals surface area (Å²) in [6, 6.07) is 7.35. The van der Waals surface area contributed by atoms with Gasteiger partial charge < -0.3 is 10.1 Å². The Morgan fingerprint density at radius 2 is 2.12 bits per heavy atom. The van der Waals surface area contributed by atoms with Gasteiger partial charge >= 0.3 is 5.97 Å². The van der Waals surface area contributed by atoms with Crippen molar-refractivity contribution in [3.8, 4) is 0 Å². The van der Waals surface area contributed by atoms with Crippen LogP contribution in [0.25, 0.3) is 0 Å². The van der Waals surface area contributed by atoms with Crippen molar-refractivity contribution < 1.29 is 22.7 Å². The third kappa shape index (κ3) is 6.49. The second kappa shape index (κ2) is 8.48. The van der Waals surface area contributed by atoms with Crippen molar-refractivity contribution in [2.24, 2.45) is 5.92 Å². The van der Waals surface area contributed by atoms with Gasteiger partial charge in [0.15, 0.2) is 16.4 Å². The lowest BCUT2D eigenvalue weighted by Crippen LogP contribution is -2.30. The first-order valence-corrected chi connectivity index (χ1v) is 9.91. The first-order valence-electron chi connectivity index (χ1n) is 7.71. The highest BCUT2D eigenvalue weighted by molar-refractivity contribution is 7.91. The van der Waals surface area contributed by atoms with Gasteiger partial charge in [0, 0.05) is 18.0 Å². The SMILES string of the molecule is O=C(COC(=O)C[C@H]1CCS(=O)(=O)C1)NCCc1cccc(Cl)c1. The maximum Gasteiger partial charge on any atom is 0.306 e. The van der Waals surface area contributed by atoms with E-state index in [1.165, 1.54) is 0 Å². The van der Waals surface area contributed by atoms with Crippen molar-refractivity contribution in [2.45, 2.75) is 19.3 Å². The molecule has 8 heteroatoms. The summed E-state index contributed by atoms with van der Waals surface area (Å²) in [7, 11) is -3.01. The molecule has 0 spiro atoms. The fraction of sp³-hybridized carbons (Fsp3) is 0.500. The summed E-state index contributed by atoms with van der Waals surface area (Å²) >= 11 is 5.88. The number of sulfone groups is 1. The molecule has 0 saturated carbocycles. The van der Waals surface area contributed by atoms with Crippen LogP contribution in [0.2, 0.25) is 5.02 Å². The molecule has 0 unspecified atom stereocenters. The summed E-state index contributed by atoms with van der Waals surface area (Å²) < 4.78 is 27.5. The van der Waals surface area contributed by atoms with Gasteiger partial charge in [-0.25, -0.2) is 8.42 Å². The van der Waals surface area contributed by atoms with Crippen molar-refractivity contribution in [1.82, 2.24) is 5.32 Å². The van der Waals surface area contributed by atoms with E-state index in [1.807, 2.05) is 18.2 Å². The molecule has 1 atom stereocenters. The average molecular weight is 374 g/mol. The molecule has 2 rings (SSSR count). The lowest BCUT2D eigenvalue weighted by molar-refractivity contribution is -0.149. The van der Waals surface area contributed by atoms with Crippen LogP contribution in [0.4, 0.5) is 0 Å². The summed E-state index contributed by atoms with van der Waals surface area (Å²) in [5.41, 5.74) is 1.00. The monoisotopic (exact) mass is 373 g/mol. The minimum absolute atomic E-state index is 0.0218. The van der Waals surface area contributed by atoms with Crippen molar-refractivity contribution >= 4 is 33.3 Å². The van der Waals surface area contributed by atoms with Crippen molar-refractivity contribution in [3.63, 3.8) is 0 Å². The van der Waals surface area contributed by atoms with Gasteiger partial charge in [-0.3, -0.25) is 9.59 Å². The number of nitrogens with one attached hydrogen (secondary N) is 1. The summed E-state index contributed by atoms with van der Waals surface area (Å²) in [5.74, 6) is -0.983. The van der Waals surface area contributed by atoms with E-state index in [0.717, 1.165) is 5.56 Å². The maximum atomic E-state index is 11.6. The predicted molar refractivity (Wildman–Crippen MR) is 90.5 cm³/mol. The Balaban J connectivity index is 1.61. The zero-order chi connectivity index (χ0) is 17.6. The van der Waals surface area contributed by atoms with Crippen molar-refractivity contribution in [3.05, 3.63) is 34.9 Å². The third-order valence-electron chi connectivity index (χ3n) is 3.77. The highest BCUT2D eigenvalue weighted by atomic mass is 35.5. The van der Waals surface area contributed by atoms with E-state index in [2.05, 4.69) is 5.32 Å². The topological polar surface area (TPSA) is 89.5 Å². The molecule has 132 valence electrons. The molecule has 0 radical (unpaired) electrons. The molecule has 1 aliphatic heterocycles. The third-order valence-corrected chi connectivity index (χ3v) is 5.84. The lowest BCUT2D eigenvalue weighted by Gasteiger charge is -2.09. The van der Waals surface area contributed by atoms with E-state index >= 15 is 0 Å². The van der Waals surface area contributed by atoms with Crippen molar-refractivity contribution in [1.29, 1.82) is 0 Å². The highest BCUT2D eigenvalue weighted by Gasteiger charge is 2.29. The standard InChI is InChI=1S/C16H20ClNO5S/c17-14-3-1-2-12(8-14)4-6-18-15(19)10-23-16(20)9-13-5-7-24(21,22)11-13/h1-3,8,13H,4-7,9-11H2,(H,18,19)/t13-/m1/s1. The van der Waals surface area contributed by atoms with E-state index in [0.29, 0.717) is 24.4 Å². The molecule has 1 heterocycles. The highest BCUT2D eigenvalue weighted by Crippen LogP contribution is 2.21. The predicted octanol–water partition coefficient (Wildman–Crippen LogP) is 1.37. The molecule has 1 amide bonds. The van der Waals surface area contributed by atoms with E-state index in [9.17, 15) is 18.0 Å². The van der Waals surface area contributed by atoms with Crippen LogP contribution >= 0.6 is 11.6 Å². The number of hydrogen-bond donors (Lipinski definition) is 1. The van der Waals surface area contributed by atoms with Gasteiger partial charge in [-0.1, -0.05) is 23.7 Å². The second-order valence-electron chi connectivity index (χ2n) is 5.86. The van der Waals surface area contributed by atoms with Crippen LogP contribution in [-0.4, -0.2) is 45.0 Å². The van der Waals surface area contributed by atoms with Gasteiger partial charge in [0.05, 0.1) is 11.5 Å². The first kappa shape index (κ1) is 18.7. The number of esters is 1. The number of halogens is 1. The van der Waals surface area contributed by atoms with Gasteiger partial charge in [0.25, 0.3) is 5.91 Å². The number of carbonyl (C=O) groups excluding carboxylic acids is 2. The molecule has 6 nitrogen and oxygen atoms in total. The second-order valence-corrected chi connectivity index (χ2v) is 8.53. The van der Waals surface area contributed by atoms with Crippen LogP contribution in [0.1, 0.15) is 18.4 Å². The van der Waals surface area contributed by atoms with Gasteiger partial charge in [-0.15, -0.1) is 0 Å². The summed E-state index contributed by atoms with van der Waals surface area (Å²) in [6.45, 7) is 0.0610. The number of hydrogen-bond acceptors (Lipinski definition) is 5. The fourth-order valence-corrected chi connectivity index (χ4v) is 4.64. The molecule has 0 aliphatic carbocycles. The molecular formula is C16H20ClNO5S. The molecule has 0 bridgehead atoms. The Morgan fingerprint density at radius 1 is 1.33 bits per heavy atom. The number of rotatable bonds is 7. The summed E-state index contributed by atoms with van der Waals surface area (Å²) in [5, 5.41) is 3.30. The Morgan fingerprint density at radius 3 is 2.79 bits per heavy atom. The summed E-state index contributed by atoms with van der Waals surface area (Å²) in [6.07, 6.45) is 1.14. The number of amides is 1. The fourth-order valence-electron chi connectivity index (χ4n) is 2.56. The minimum atomic E-state index is -3.01. The molecule has 1 N–H and O–H groups in total. The van der Waals surface area contributed by atoms with E-state index < -0.39 is 15.8 Å². The van der Waals surface area contributed by atoms with Crippen LogP contribution in [-0.2, 0) is 30.6 Å². The zero-order valence-electron chi connectivity index (χ0n) is 13.2. The van der Waals surface area contributed by atoms with Crippen LogP contribution in [0.5, 0.6) is 0 Å².